The lowest BCUT2D eigenvalue weighted by Gasteiger charge is -2.25. The minimum Gasteiger partial charge on any atom is -0.396 e. The Morgan fingerprint density at radius 2 is 1.52 bits per heavy atom. The Kier molecular flexibility index (Phi) is 15.7. The third-order valence-corrected chi connectivity index (χ3v) is 5.99. The molecule has 0 amide bonds. The van der Waals surface area contributed by atoms with Crippen molar-refractivity contribution in [1.29, 1.82) is 0 Å². The van der Waals surface area contributed by atoms with Gasteiger partial charge in [-0.25, -0.2) is 0 Å². The molecule has 0 spiro atoms. The molecule has 0 fully saturated rings. The summed E-state index contributed by atoms with van der Waals surface area (Å²) in [7, 11) is 0. The summed E-state index contributed by atoms with van der Waals surface area (Å²) in [5.74, 6) is 2.59. The molecule has 0 aromatic rings. The van der Waals surface area contributed by atoms with E-state index in [0.29, 0.717) is 6.61 Å². The maximum absolute atomic E-state index is 8.81. The molecule has 0 aromatic heterocycles. The molecule has 0 radical (unpaired) electrons. The highest BCUT2D eigenvalue weighted by Crippen LogP contribution is 2.33. The van der Waals surface area contributed by atoms with E-state index in [2.05, 4.69) is 27.7 Å². The molecule has 0 aliphatic heterocycles. The molecule has 1 aliphatic rings. The van der Waals surface area contributed by atoms with E-state index >= 15 is 0 Å². The Morgan fingerprint density at radius 1 is 0.920 bits per heavy atom. The molecular formula is C24H48O. The van der Waals surface area contributed by atoms with Crippen molar-refractivity contribution < 1.29 is 5.11 Å². The number of aliphatic hydroxyl groups is 1. The number of unbranched alkanes of at least 4 members (excludes halogenated alkanes) is 2. The van der Waals surface area contributed by atoms with Gasteiger partial charge in [0, 0.05) is 6.61 Å². The molecular weight excluding hydrogens is 304 g/mol. The molecule has 0 saturated heterocycles. The topological polar surface area (TPSA) is 20.2 Å². The average molecular weight is 353 g/mol. The van der Waals surface area contributed by atoms with Gasteiger partial charge in [-0.2, -0.15) is 0 Å². The van der Waals surface area contributed by atoms with Gasteiger partial charge in [0.05, 0.1) is 0 Å². The van der Waals surface area contributed by atoms with Crippen LogP contribution in [-0.2, 0) is 0 Å². The fourth-order valence-electron chi connectivity index (χ4n) is 4.18. The molecule has 1 heteroatoms. The normalized spacial score (nSPS) is 20.0. The maximum Gasteiger partial charge on any atom is 0.0431 e. The summed E-state index contributed by atoms with van der Waals surface area (Å²) in [5.41, 5.74) is 3.49. The lowest BCUT2D eigenvalue weighted by molar-refractivity contribution is 0.280. The molecule has 1 aliphatic carbocycles. The standard InChI is InChI=1S/C22H42O.C2H6/c1-18(10-6-5-7-17-23)11-8-12-19(2)15-16-22-20(3)13-9-14-21(22)4;1-2/h18-20,23H,5-17H2,1-4H3;1-2H3. The van der Waals surface area contributed by atoms with Gasteiger partial charge in [-0.05, 0) is 63.2 Å². The molecule has 0 bridgehead atoms. The predicted octanol–water partition coefficient (Wildman–Crippen LogP) is 7.92. The molecule has 150 valence electrons. The van der Waals surface area contributed by atoms with Crippen molar-refractivity contribution >= 4 is 0 Å². The highest BCUT2D eigenvalue weighted by Gasteiger charge is 2.17. The Balaban J connectivity index is 0.00000277. The van der Waals surface area contributed by atoms with Crippen LogP contribution in [0.25, 0.3) is 0 Å². The number of hydrogen-bond acceptors (Lipinski definition) is 1. The van der Waals surface area contributed by atoms with Gasteiger partial charge in [0.25, 0.3) is 0 Å². The first-order chi connectivity index (χ1) is 12.0. The monoisotopic (exact) mass is 352 g/mol. The summed E-state index contributed by atoms with van der Waals surface area (Å²) in [6, 6.07) is 0. The van der Waals surface area contributed by atoms with Crippen LogP contribution in [0.2, 0.25) is 0 Å². The lowest BCUT2D eigenvalue weighted by atomic mass is 9.80. The second-order valence-corrected chi connectivity index (χ2v) is 8.35. The molecule has 0 aromatic carbocycles. The Labute approximate surface area is 159 Å². The SMILES string of the molecule is CC.CC1=C(CCC(C)CCCC(C)CCCCCO)C(C)CCC1. The van der Waals surface area contributed by atoms with Gasteiger partial charge in [0.1, 0.15) is 0 Å². The van der Waals surface area contributed by atoms with Crippen LogP contribution in [-0.4, -0.2) is 11.7 Å². The third kappa shape index (κ3) is 11.8. The van der Waals surface area contributed by atoms with E-state index in [1.165, 1.54) is 70.6 Å². The Hall–Kier alpha value is -0.300. The summed E-state index contributed by atoms with van der Waals surface area (Å²) in [6.07, 6.45) is 15.9. The zero-order chi connectivity index (χ0) is 19.1. The summed E-state index contributed by atoms with van der Waals surface area (Å²) >= 11 is 0. The zero-order valence-corrected chi connectivity index (χ0v) is 18.4. The molecule has 0 saturated carbocycles. The predicted molar refractivity (Wildman–Crippen MR) is 114 cm³/mol. The summed E-state index contributed by atoms with van der Waals surface area (Å²) in [6.45, 7) is 14.0. The number of hydrogen-bond donors (Lipinski definition) is 1. The van der Waals surface area contributed by atoms with Crippen LogP contribution < -0.4 is 0 Å². The van der Waals surface area contributed by atoms with Crippen molar-refractivity contribution in [2.45, 2.75) is 119 Å². The first-order valence-electron chi connectivity index (χ1n) is 11.3. The van der Waals surface area contributed by atoms with Gasteiger partial charge in [0.2, 0.25) is 0 Å². The van der Waals surface area contributed by atoms with Gasteiger partial charge in [0.15, 0.2) is 0 Å². The van der Waals surface area contributed by atoms with Crippen LogP contribution in [0.15, 0.2) is 11.1 Å². The van der Waals surface area contributed by atoms with Crippen LogP contribution in [0.5, 0.6) is 0 Å². The van der Waals surface area contributed by atoms with E-state index < -0.39 is 0 Å². The second kappa shape index (κ2) is 15.9. The van der Waals surface area contributed by atoms with Crippen molar-refractivity contribution in [2.75, 3.05) is 6.61 Å². The number of allylic oxidation sites excluding steroid dienone is 2. The van der Waals surface area contributed by atoms with E-state index in [0.717, 1.165) is 24.2 Å². The zero-order valence-electron chi connectivity index (χ0n) is 18.4. The number of aliphatic hydroxyl groups excluding tert-OH is 1. The third-order valence-electron chi connectivity index (χ3n) is 5.99. The van der Waals surface area contributed by atoms with Gasteiger partial charge < -0.3 is 5.11 Å². The van der Waals surface area contributed by atoms with Gasteiger partial charge in [-0.3, -0.25) is 0 Å². The van der Waals surface area contributed by atoms with E-state index in [1.807, 2.05) is 13.8 Å². The fourth-order valence-corrected chi connectivity index (χ4v) is 4.18. The van der Waals surface area contributed by atoms with Crippen molar-refractivity contribution in [3.63, 3.8) is 0 Å². The first kappa shape index (κ1) is 24.7. The molecule has 1 nitrogen and oxygen atoms in total. The van der Waals surface area contributed by atoms with Crippen molar-refractivity contribution in [2.24, 2.45) is 17.8 Å². The van der Waals surface area contributed by atoms with E-state index in [9.17, 15) is 0 Å². The first-order valence-corrected chi connectivity index (χ1v) is 11.3. The smallest absolute Gasteiger partial charge is 0.0431 e. The second-order valence-electron chi connectivity index (χ2n) is 8.35. The lowest BCUT2D eigenvalue weighted by Crippen LogP contribution is -2.09. The average Bonchev–Trinajstić information content (AvgIpc) is 2.60. The molecule has 3 unspecified atom stereocenters. The largest absolute Gasteiger partial charge is 0.396 e. The molecule has 1 N–H and O–H groups in total. The van der Waals surface area contributed by atoms with Crippen LogP contribution >= 0.6 is 0 Å². The van der Waals surface area contributed by atoms with Crippen molar-refractivity contribution in [3.05, 3.63) is 11.1 Å². The summed E-state index contributed by atoms with van der Waals surface area (Å²) in [5, 5.41) is 8.81. The van der Waals surface area contributed by atoms with Gasteiger partial charge >= 0.3 is 0 Å². The van der Waals surface area contributed by atoms with Crippen LogP contribution in [0, 0.1) is 17.8 Å². The summed E-state index contributed by atoms with van der Waals surface area (Å²) < 4.78 is 0. The van der Waals surface area contributed by atoms with E-state index in [-0.39, 0.29) is 0 Å². The highest BCUT2D eigenvalue weighted by molar-refractivity contribution is 5.17. The van der Waals surface area contributed by atoms with E-state index in [4.69, 9.17) is 5.11 Å². The van der Waals surface area contributed by atoms with E-state index in [1.54, 1.807) is 11.1 Å². The molecule has 3 atom stereocenters. The van der Waals surface area contributed by atoms with Crippen molar-refractivity contribution in [1.82, 2.24) is 0 Å². The molecule has 25 heavy (non-hydrogen) atoms. The number of rotatable bonds is 12. The minimum atomic E-state index is 0.362. The van der Waals surface area contributed by atoms with Gasteiger partial charge in [-0.1, -0.05) is 84.3 Å². The molecule has 1 rings (SSSR count). The van der Waals surface area contributed by atoms with Crippen LogP contribution in [0.4, 0.5) is 0 Å². The fraction of sp³-hybridized carbons (Fsp3) is 0.917. The maximum atomic E-state index is 8.81. The minimum absolute atomic E-state index is 0.362. The summed E-state index contributed by atoms with van der Waals surface area (Å²) in [4.78, 5) is 0. The highest BCUT2D eigenvalue weighted by atomic mass is 16.2. The van der Waals surface area contributed by atoms with Crippen LogP contribution in [0.3, 0.4) is 0 Å². The Morgan fingerprint density at radius 3 is 2.12 bits per heavy atom. The van der Waals surface area contributed by atoms with Crippen molar-refractivity contribution in [3.8, 4) is 0 Å². The van der Waals surface area contributed by atoms with Gasteiger partial charge in [-0.15, -0.1) is 0 Å². The Bertz CT molecular complexity index is 331. The van der Waals surface area contributed by atoms with Crippen LogP contribution in [0.1, 0.15) is 119 Å². The quantitative estimate of drug-likeness (QED) is 0.279. The molecule has 0 heterocycles.